The van der Waals surface area contributed by atoms with Crippen LogP contribution in [0.2, 0.25) is 0 Å². The quantitative estimate of drug-likeness (QED) is 0.788. The number of hydrogen-bond acceptors (Lipinski definition) is 5. The number of carbonyl (C=O) groups is 1. The second-order valence-electron chi connectivity index (χ2n) is 5.15. The van der Waals surface area contributed by atoms with Crippen LogP contribution >= 0.6 is 0 Å². The van der Waals surface area contributed by atoms with Crippen molar-refractivity contribution in [2.75, 3.05) is 18.1 Å². The summed E-state index contributed by atoms with van der Waals surface area (Å²) in [4.78, 5) is 11.7. The van der Waals surface area contributed by atoms with Crippen molar-refractivity contribution >= 4 is 15.9 Å². The molecule has 9 heteroatoms. The van der Waals surface area contributed by atoms with E-state index >= 15 is 0 Å². The predicted molar refractivity (Wildman–Crippen MR) is 72.7 cm³/mol. The lowest BCUT2D eigenvalue weighted by atomic mass is 10.1. The Balaban J connectivity index is 1.77. The van der Waals surface area contributed by atoms with Crippen LogP contribution in [-0.2, 0) is 16.9 Å². The molecule has 1 aliphatic heterocycles. The van der Waals surface area contributed by atoms with Crippen LogP contribution < -0.4 is 10.6 Å². The number of aryl methyl sites for hydroxylation is 1. The Morgan fingerprint density at radius 2 is 2.35 bits per heavy atom. The van der Waals surface area contributed by atoms with Gasteiger partial charge in [-0.3, -0.25) is 0 Å². The van der Waals surface area contributed by atoms with Crippen LogP contribution in [0.5, 0.6) is 0 Å². The summed E-state index contributed by atoms with van der Waals surface area (Å²) in [6.45, 7) is 2.18. The summed E-state index contributed by atoms with van der Waals surface area (Å²) in [5.41, 5.74) is 0. The number of rotatable bonds is 4. The van der Waals surface area contributed by atoms with Crippen LogP contribution in [-0.4, -0.2) is 47.3 Å². The van der Waals surface area contributed by atoms with Gasteiger partial charge in [0, 0.05) is 13.6 Å². The zero-order chi connectivity index (χ0) is 14.8. The number of nitrogens with one attached hydrogen (secondary N) is 2. The molecule has 2 unspecified atom stereocenters. The Labute approximate surface area is 117 Å². The molecule has 0 bridgehead atoms. The van der Waals surface area contributed by atoms with Crippen molar-refractivity contribution in [1.82, 2.24) is 25.4 Å². The Hall–Kier alpha value is -1.64. The molecule has 20 heavy (non-hydrogen) atoms. The first-order chi connectivity index (χ1) is 9.37. The maximum absolute atomic E-state index is 11.7. The predicted octanol–water partition coefficient (Wildman–Crippen LogP) is -0.390. The number of aromatic nitrogens is 3. The van der Waals surface area contributed by atoms with E-state index in [-0.39, 0.29) is 29.5 Å². The second-order valence-corrected chi connectivity index (χ2v) is 7.37. The molecule has 1 saturated heterocycles. The third-order valence-electron chi connectivity index (χ3n) is 3.36. The van der Waals surface area contributed by atoms with Gasteiger partial charge in [0.05, 0.1) is 17.5 Å². The van der Waals surface area contributed by atoms with E-state index in [1.165, 1.54) is 0 Å². The molecule has 2 atom stereocenters. The molecule has 0 aliphatic carbocycles. The maximum atomic E-state index is 11.7. The van der Waals surface area contributed by atoms with Crippen molar-refractivity contribution in [2.24, 2.45) is 13.0 Å². The molecular formula is C11H19N5O3S. The fraction of sp³-hybridized carbons (Fsp3) is 0.727. The van der Waals surface area contributed by atoms with Gasteiger partial charge in [0.1, 0.15) is 6.33 Å². The highest BCUT2D eigenvalue weighted by Crippen LogP contribution is 2.17. The van der Waals surface area contributed by atoms with Crippen molar-refractivity contribution in [3.8, 4) is 0 Å². The van der Waals surface area contributed by atoms with Crippen molar-refractivity contribution in [3.05, 3.63) is 12.2 Å². The highest BCUT2D eigenvalue weighted by atomic mass is 32.2. The molecule has 2 heterocycles. The van der Waals surface area contributed by atoms with E-state index in [1.54, 1.807) is 17.9 Å². The third kappa shape index (κ3) is 3.69. The first-order valence-electron chi connectivity index (χ1n) is 6.46. The highest BCUT2D eigenvalue weighted by Gasteiger charge is 2.28. The monoisotopic (exact) mass is 301 g/mol. The van der Waals surface area contributed by atoms with E-state index in [2.05, 4.69) is 20.8 Å². The van der Waals surface area contributed by atoms with Crippen molar-refractivity contribution < 1.29 is 13.2 Å². The first-order valence-corrected chi connectivity index (χ1v) is 8.28. The van der Waals surface area contributed by atoms with E-state index in [1.807, 2.05) is 6.92 Å². The van der Waals surface area contributed by atoms with Gasteiger partial charge in [-0.25, -0.2) is 13.2 Å². The van der Waals surface area contributed by atoms with Gasteiger partial charge in [-0.15, -0.1) is 10.2 Å². The van der Waals surface area contributed by atoms with Crippen LogP contribution in [0.3, 0.4) is 0 Å². The Bertz CT molecular complexity index is 583. The molecule has 1 aromatic rings. The Morgan fingerprint density at radius 1 is 1.60 bits per heavy atom. The van der Waals surface area contributed by atoms with Crippen LogP contribution in [0.15, 0.2) is 6.33 Å². The van der Waals surface area contributed by atoms with Crippen LogP contribution in [0.25, 0.3) is 0 Å². The van der Waals surface area contributed by atoms with Gasteiger partial charge < -0.3 is 15.2 Å². The topological polar surface area (TPSA) is 106 Å². The zero-order valence-electron chi connectivity index (χ0n) is 11.5. The van der Waals surface area contributed by atoms with E-state index in [4.69, 9.17) is 0 Å². The molecule has 2 rings (SSSR count). The SMILES string of the molecule is CC(NC(=O)NCC1CCS(=O)(=O)C1)c1nncn1C. The summed E-state index contributed by atoms with van der Waals surface area (Å²) in [5, 5.41) is 13.1. The number of sulfone groups is 1. The number of urea groups is 1. The van der Waals surface area contributed by atoms with Gasteiger partial charge >= 0.3 is 6.03 Å². The van der Waals surface area contributed by atoms with Crippen molar-refractivity contribution in [2.45, 2.75) is 19.4 Å². The summed E-state index contributed by atoms with van der Waals surface area (Å²) in [6, 6.07) is -0.598. The minimum absolute atomic E-state index is 0.0101. The fourth-order valence-electron chi connectivity index (χ4n) is 2.27. The molecule has 0 radical (unpaired) electrons. The summed E-state index contributed by atoms with van der Waals surface area (Å²) in [7, 11) is -1.10. The number of hydrogen-bond donors (Lipinski definition) is 2. The maximum Gasteiger partial charge on any atom is 0.315 e. The standard InChI is InChI=1S/C11H19N5O3S/c1-8(10-15-13-7-16(10)2)14-11(17)12-5-9-3-4-20(18,19)6-9/h7-9H,3-6H2,1-2H3,(H2,12,14,17). The molecule has 0 aromatic carbocycles. The largest absolute Gasteiger partial charge is 0.338 e. The molecule has 0 spiro atoms. The normalized spacial score (nSPS) is 22.4. The van der Waals surface area contributed by atoms with E-state index in [9.17, 15) is 13.2 Å². The third-order valence-corrected chi connectivity index (χ3v) is 5.20. The lowest BCUT2D eigenvalue weighted by Crippen LogP contribution is -2.40. The van der Waals surface area contributed by atoms with Crippen LogP contribution in [0.1, 0.15) is 25.2 Å². The Morgan fingerprint density at radius 3 is 2.90 bits per heavy atom. The Kier molecular flexibility index (Phi) is 4.26. The molecule has 112 valence electrons. The summed E-state index contributed by atoms with van der Waals surface area (Å²) in [5.74, 6) is 1.04. The van der Waals surface area contributed by atoms with Gasteiger partial charge in [-0.2, -0.15) is 0 Å². The highest BCUT2D eigenvalue weighted by molar-refractivity contribution is 7.91. The molecule has 8 nitrogen and oxygen atoms in total. The van der Waals surface area contributed by atoms with Gasteiger partial charge in [-0.1, -0.05) is 0 Å². The molecule has 0 saturated carbocycles. The number of nitrogens with zero attached hydrogens (tertiary/aromatic N) is 3. The number of carbonyl (C=O) groups excluding carboxylic acids is 1. The molecule has 2 amide bonds. The van der Waals surface area contributed by atoms with Gasteiger partial charge in [-0.05, 0) is 19.3 Å². The summed E-state index contributed by atoms with van der Waals surface area (Å²) >= 11 is 0. The lowest BCUT2D eigenvalue weighted by Gasteiger charge is -2.15. The van der Waals surface area contributed by atoms with Crippen LogP contribution in [0, 0.1) is 5.92 Å². The number of amides is 2. The minimum Gasteiger partial charge on any atom is -0.338 e. The summed E-state index contributed by atoms with van der Waals surface area (Å²) in [6.07, 6.45) is 2.18. The zero-order valence-corrected chi connectivity index (χ0v) is 12.4. The molecule has 2 N–H and O–H groups in total. The average Bonchev–Trinajstić information content (AvgIpc) is 2.92. The summed E-state index contributed by atoms with van der Waals surface area (Å²) < 4.78 is 24.4. The van der Waals surface area contributed by atoms with Gasteiger partial charge in [0.15, 0.2) is 15.7 Å². The molecular weight excluding hydrogens is 282 g/mol. The molecule has 1 aliphatic rings. The van der Waals surface area contributed by atoms with Gasteiger partial charge in [0.25, 0.3) is 0 Å². The average molecular weight is 301 g/mol. The smallest absolute Gasteiger partial charge is 0.315 e. The minimum atomic E-state index is -2.90. The first kappa shape index (κ1) is 14.8. The molecule has 1 aromatic heterocycles. The fourth-order valence-corrected chi connectivity index (χ4v) is 4.13. The van der Waals surface area contributed by atoms with Crippen molar-refractivity contribution in [1.29, 1.82) is 0 Å². The second kappa shape index (κ2) is 5.78. The van der Waals surface area contributed by atoms with Gasteiger partial charge in [0.2, 0.25) is 0 Å². The van der Waals surface area contributed by atoms with Crippen molar-refractivity contribution in [3.63, 3.8) is 0 Å². The molecule has 1 fully saturated rings. The lowest BCUT2D eigenvalue weighted by molar-refractivity contribution is 0.235. The van der Waals surface area contributed by atoms with E-state index in [0.717, 1.165) is 0 Å². The van der Waals surface area contributed by atoms with E-state index < -0.39 is 9.84 Å². The van der Waals surface area contributed by atoms with E-state index in [0.29, 0.717) is 18.8 Å². The van der Waals surface area contributed by atoms with Crippen LogP contribution in [0.4, 0.5) is 4.79 Å².